The van der Waals surface area contributed by atoms with Crippen molar-refractivity contribution in [1.29, 1.82) is 0 Å². The van der Waals surface area contributed by atoms with Gasteiger partial charge in [0.05, 0.1) is 0 Å². The van der Waals surface area contributed by atoms with Gasteiger partial charge >= 0.3 is 0 Å². The lowest BCUT2D eigenvalue weighted by Crippen LogP contribution is -2.23. The predicted octanol–water partition coefficient (Wildman–Crippen LogP) is 5.49. The minimum atomic E-state index is -1.11. The number of carbonyl (C=O) groups is 1. The summed E-state index contributed by atoms with van der Waals surface area (Å²) >= 11 is 11.3. The number of aromatic nitrogens is 2. The minimum absolute atomic E-state index is 0.448. The molecule has 146 valence electrons. The smallest absolute Gasteiger partial charge is 0.257 e. The number of nitrogens with one attached hydrogen (secondary N) is 2. The second-order valence-electron chi connectivity index (χ2n) is 7.09. The van der Waals surface area contributed by atoms with Crippen LogP contribution in [0.15, 0.2) is 48.7 Å². The lowest BCUT2D eigenvalue weighted by atomic mass is 9.95. The average Bonchev–Trinajstić information content (AvgIpc) is 3.07. The Hall–Kier alpha value is -2.24. The molecule has 0 saturated heterocycles. The number of benzene rings is 1. The molecule has 1 saturated carbocycles. The van der Waals surface area contributed by atoms with Crippen LogP contribution in [-0.2, 0) is 4.79 Å². The molecule has 0 aliphatic heterocycles. The lowest BCUT2D eigenvalue weighted by molar-refractivity contribution is -0.114. The first-order valence-corrected chi connectivity index (χ1v) is 10.4. The molecule has 5 nitrogen and oxygen atoms in total. The number of halogens is 2. The normalized spacial score (nSPS) is 15.1. The van der Waals surface area contributed by atoms with E-state index in [0.717, 1.165) is 22.7 Å². The predicted molar refractivity (Wildman–Crippen MR) is 115 cm³/mol. The van der Waals surface area contributed by atoms with Crippen LogP contribution in [0.1, 0.15) is 32.1 Å². The van der Waals surface area contributed by atoms with Gasteiger partial charge in [0.25, 0.3) is 5.91 Å². The van der Waals surface area contributed by atoms with Crippen LogP contribution in [0.4, 0.5) is 11.5 Å². The van der Waals surface area contributed by atoms with Gasteiger partial charge in [0.2, 0.25) is 0 Å². The van der Waals surface area contributed by atoms with Gasteiger partial charge in [-0.15, -0.1) is 0 Å². The van der Waals surface area contributed by atoms with Crippen molar-refractivity contribution >= 4 is 46.3 Å². The number of hydrogen-bond acceptors (Lipinski definition) is 3. The van der Waals surface area contributed by atoms with Crippen LogP contribution < -0.4 is 10.6 Å². The Balaban J connectivity index is 1.71. The van der Waals surface area contributed by atoms with Gasteiger partial charge in [-0.3, -0.25) is 9.20 Å². The third kappa shape index (κ3) is 4.10. The monoisotopic (exact) mass is 416 g/mol. The molecule has 1 aliphatic carbocycles. The van der Waals surface area contributed by atoms with Crippen LogP contribution in [0.25, 0.3) is 16.9 Å². The highest BCUT2D eigenvalue weighted by molar-refractivity contribution is 6.54. The zero-order valence-electron chi connectivity index (χ0n) is 15.4. The number of rotatable bonds is 5. The van der Waals surface area contributed by atoms with Crippen molar-refractivity contribution in [1.82, 2.24) is 9.38 Å². The summed E-state index contributed by atoms with van der Waals surface area (Å²) < 4.78 is 2.09. The summed E-state index contributed by atoms with van der Waals surface area (Å²) in [4.78, 5) is 15.6. The second kappa shape index (κ2) is 8.41. The summed E-state index contributed by atoms with van der Waals surface area (Å²) in [6.07, 6.45) is 8.17. The maximum Gasteiger partial charge on any atom is 0.257 e. The van der Waals surface area contributed by atoms with Gasteiger partial charge in [-0.1, -0.05) is 60.7 Å². The van der Waals surface area contributed by atoms with Crippen molar-refractivity contribution in [3.8, 4) is 11.3 Å². The lowest BCUT2D eigenvalue weighted by Gasteiger charge is -2.24. The number of carbonyl (C=O) groups excluding carboxylic acids is 1. The van der Waals surface area contributed by atoms with Gasteiger partial charge in [-0.2, -0.15) is 0 Å². The minimum Gasteiger partial charge on any atom is -0.367 e. The molecule has 0 atom stereocenters. The Labute approximate surface area is 174 Å². The van der Waals surface area contributed by atoms with E-state index in [1.54, 1.807) is 0 Å². The Morgan fingerprint density at radius 3 is 2.71 bits per heavy atom. The van der Waals surface area contributed by atoms with E-state index in [-0.39, 0.29) is 0 Å². The number of amides is 1. The number of hydrogen-bond donors (Lipinski definition) is 2. The molecule has 4 rings (SSSR count). The van der Waals surface area contributed by atoms with Crippen LogP contribution in [0.3, 0.4) is 0 Å². The van der Waals surface area contributed by atoms with Crippen molar-refractivity contribution in [3.05, 3.63) is 48.7 Å². The van der Waals surface area contributed by atoms with E-state index in [1.807, 2.05) is 48.7 Å². The Kier molecular flexibility index (Phi) is 5.74. The highest BCUT2D eigenvalue weighted by Crippen LogP contribution is 2.32. The molecule has 28 heavy (non-hydrogen) atoms. The van der Waals surface area contributed by atoms with E-state index >= 15 is 0 Å². The molecule has 1 aliphatic rings. The number of fused-ring (bicyclic) bond motifs is 1. The van der Waals surface area contributed by atoms with Crippen molar-refractivity contribution < 1.29 is 4.79 Å². The standard InChI is InChI=1S/C21H22Cl2N4O/c22-19(23)21(28)25-16-10-6-7-14(13-16)18-20(24-15-8-2-1-3-9-15)27-12-5-4-11-17(27)26-18/h4-7,10-13,15,19,24H,1-3,8-9H2,(H,25,28). The summed E-state index contributed by atoms with van der Waals surface area (Å²) in [5.41, 5.74) is 3.29. The topological polar surface area (TPSA) is 58.4 Å². The molecular formula is C21H22Cl2N4O. The van der Waals surface area contributed by atoms with E-state index in [1.165, 1.54) is 32.1 Å². The number of imidazole rings is 1. The second-order valence-corrected chi connectivity index (χ2v) is 8.18. The summed E-state index contributed by atoms with van der Waals surface area (Å²) in [7, 11) is 0. The van der Waals surface area contributed by atoms with Crippen molar-refractivity contribution in [3.63, 3.8) is 0 Å². The fourth-order valence-electron chi connectivity index (χ4n) is 3.72. The highest BCUT2D eigenvalue weighted by Gasteiger charge is 2.20. The number of nitrogens with zero attached hydrogens (tertiary/aromatic N) is 2. The van der Waals surface area contributed by atoms with Gasteiger partial charge < -0.3 is 10.6 Å². The van der Waals surface area contributed by atoms with E-state index in [0.29, 0.717) is 11.7 Å². The van der Waals surface area contributed by atoms with Gasteiger partial charge in [-0.05, 0) is 37.1 Å². The Bertz CT molecular complexity index is 979. The van der Waals surface area contributed by atoms with Crippen LogP contribution in [-0.4, -0.2) is 26.2 Å². The Morgan fingerprint density at radius 1 is 1.11 bits per heavy atom. The molecule has 1 aromatic carbocycles. The molecule has 1 amide bonds. The molecule has 2 heterocycles. The molecule has 0 radical (unpaired) electrons. The molecule has 3 aromatic rings. The molecule has 2 aromatic heterocycles. The summed E-state index contributed by atoms with van der Waals surface area (Å²) in [6, 6.07) is 14.0. The summed E-state index contributed by atoms with van der Waals surface area (Å²) in [6.45, 7) is 0. The van der Waals surface area contributed by atoms with Crippen molar-refractivity contribution in [2.24, 2.45) is 0 Å². The number of alkyl halides is 2. The number of pyridine rings is 1. The average molecular weight is 417 g/mol. The van der Waals surface area contributed by atoms with E-state index in [4.69, 9.17) is 28.2 Å². The molecular weight excluding hydrogens is 395 g/mol. The molecule has 1 fully saturated rings. The fourth-order valence-corrected chi connectivity index (χ4v) is 3.83. The van der Waals surface area contributed by atoms with Crippen LogP contribution in [0.2, 0.25) is 0 Å². The van der Waals surface area contributed by atoms with Gasteiger partial charge in [0.15, 0.2) is 4.84 Å². The first-order valence-electron chi connectivity index (χ1n) is 9.55. The van der Waals surface area contributed by atoms with Gasteiger partial charge in [0, 0.05) is 23.5 Å². The third-order valence-corrected chi connectivity index (χ3v) is 5.47. The van der Waals surface area contributed by atoms with Crippen LogP contribution in [0, 0.1) is 0 Å². The first-order chi connectivity index (χ1) is 13.6. The highest BCUT2D eigenvalue weighted by atomic mass is 35.5. The van der Waals surface area contributed by atoms with E-state index in [9.17, 15) is 4.79 Å². The zero-order valence-corrected chi connectivity index (χ0v) is 16.9. The maximum atomic E-state index is 11.8. The van der Waals surface area contributed by atoms with Gasteiger partial charge in [0.1, 0.15) is 17.2 Å². The molecule has 0 spiro atoms. The van der Waals surface area contributed by atoms with Gasteiger partial charge in [-0.25, -0.2) is 4.98 Å². The third-order valence-electron chi connectivity index (χ3n) is 5.08. The van der Waals surface area contributed by atoms with Crippen molar-refractivity contribution in [2.75, 3.05) is 10.6 Å². The van der Waals surface area contributed by atoms with E-state index < -0.39 is 10.7 Å². The number of anilines is 2. The van der Waals surface area contributed by atoms with Crippen molar-refractivity contribution in [2.45, 2.75) is 43.0 Å². The first kappa shape index (κ1) is 19.1. The maximum absolute atomic E-state index is 11.8. The zero-order chi connectivity index (χ0) is 19.5. The molecule has 7 heteroatoms. The quantitative estimate of drug-likeness (QED) is 0.540. The van der Waals surface area contributed by atoms with Crippen LogP contribution >= 0.6 is 23.2 Å². The summed E-state index contributed by atoms with van der Waals surface area (Å²) in [5.74, 6) is 0.537. The van der Waals surface area contributed by atoms with E-state index in [2.05, 4.69) is 15.0 Å². The fraction of sp³-hybridized carbons (Fsp3) is 0.333. The van der Waals surface area contributed by atoms with Crippen LogP contribution in [0.5, 0.6) is 0 Å². The molecule has 0 bridgehead atoms. The summed E-state index contributed by atoms with van der Waals surface area (Å²) in [5, 5.41) is 6.45. The Morgan fingerprint density at radius 2 is 1.93 bits per heavy atom. The molecule has 2 N–H and O–H groups in total. The molecule has 0 unspecified atom stereocenters. The SMILES string of the molecule is O=C(Nc1cccc(-c2nc3ccccn3c2NC2CCCCC2)c1)C(Cl)Cl. The largest absolute Gasteiger partial charge is 0.367 e.